The Morgan fingerprint density at radius 2 is 1.09 bits per heavy atom. The largest absolute Gasteiger partial charge is 0.462 e. The SMILES string of the molecule is CCCCCCCCCCCCCCCC(=O)O[C@@H](CO)COC(=O)CCC/C=C\C/C=C\C/C=C\C/C=C\CC(O)CCC. The van der Waals surface area contributed by atoms with E-state index < -0.39 is 6.10 Å². The number of carbonyl (C=O) groups is 2. The van der Waals surface area contributed by atoms with E-state index in [-0.39, 0.29) is 31.3 Å². The Morgan fingerprint density at radius 3 is 1.62 bits per heavy atom. The van der Waals surface area contributed by atoms with Crippen LogP contribution in [0.2, 0.25) is 0 Å². The van der Waals surface area contributed by atoms with Gasteiger partial charge >= 0.3 is 11.9 Å². The van der Waals surface area contributed by atoms with Crippen LogP contribution in [0.25, 0.3) is 0 Å². The second-order valence-corrected chi connectivity index (χ2v) is 12.1. The second-order valence-electron chi connectivity index (χ2n) is 12.1. The fourth-order valence-electron chi connectivity index (χ4n) is 4.91. The minimum atomic E-state index is -0.800. The van der Waals surface area contributed by atoms with E-state index in [1.807, 2.05) is 0 Å². The van der Waals surface area contributed by atoms with Crippen LogP contribution in [0.1, 0.15) is 162 Å². The molecule has 45 heavy (non-hydrogen) atoms. The minimum absolute atomic E-state index is 0.104. The van der Waals surface area contributed by atoms with Gasteiger partial charge in [0, 0.05) is 12.8 Å². The monoisotopic (exact) mass is 633 g/mol. The van der Waals surface area contributed by atoms with Crippen molar-refractivity contribution < 1.29 is 29.3 Å². The summed E-state index contributed by atoms with van der Waals surface area (Å²) in [7, 11) is 0. The highest BCUT2D eigenvalue weighted by Gasteiger charge is 2.16. The number of carbonyl (C=O) groups excluding carboxylic acids is 2. The number of rotatable bonds is 32. The van der Waals surface area contributed by atoms with E-state index >= 15 is 0 Å². The zero-order valence-electron chi connectivity index (χ0n) is 29.0. The summed E-state index contributed by atoms with van der Waals surface area (Å²) in [5.74, 6) is -0.678. The molecule has 6 heteroatoms. The lowest BCUT2D eigenvalue weighted by Gasteiger charge is -2.15. The number of esters is 2. The molecule has 1 unspecified atom stereocenters. The Kier molecular flexibility index (Phi) is 33.0. The summed E-state index contributed by atoms with van der Waals surface area (Å²) in [5.41, 5.74) is 0. The molecule has 0 aliphatic rings. The van der Waals surface area contributed by atoms with Crippen LogP contribution >= 0.6 is 0 Å². The van der Waals surface area contributed by atoms with Crippen molar-refractivity contribution in [2.24, 2.45) is 0 Å². The molecule has 0 amide bonds. The summed E-state index contributed by atoms with van der Waals surface area (Å²) in [6, 6.07) is 0. The first kappa shape index (κ1) is 42.8. The molecule has 0 aliphatic carbocycles. The molecule has 0 saturated heterocycles. The van der Waals surface area contributed by atoms with Gasteiger partial charge in [-0.2, -0.15) is 0 Å². The second kappa shape index (κ2) is 34.7. The van der Waals surface area contributed by atoms with E-state index in [1.165, 1.54) is 64.2 Å². The zero-order valence-corrected chi connectivity index (χ0v) is 29.0. The molecule has 0 aromatic rings. The highest BCUT2D eigenvalue weighted by molar-refractivity contribution is 5.70. The number of allylic oxidation sites excluding steroid dienone is 7. The molecule has 6 nitrogen and oxygen atoms in total. The maximum Gasteiger partial charge on any atom is 0.306 e. The molecule has 0 saturated carbocycles. The third-order valence-corrected chi connectivity index (χ3v) is 7.68. The molecule has 0 spiro atoms. The maximum absolute atomic E-state index is 12.1. The van der Waals surface area contributed by atoms with Crippen molar-refractivity contribution in [1.29, 1.82) is 0 Å². The minimum Gasteiger partial charge on any atom is -0.462 e. The van der Waals surface area contributed by atoms with Gasteiger partial charge in [0.15, 0.2) is 6.10 Å². The Morgan fingerprint density at radius 1 is 0.600 bits per heavy atom. The lowest BCUT2D eigenvalue weighted by Crippen LogP contribution is -2.28. The summed E-state index contributed by atoms with van der Waals surface area (Å²) >= 11 is 0. The van der Waals surface area contributed by atoms with Gasteiger partial charge in [0.2, 0.25) is 0 Å². The van der Waals surface area contributed by atoms with Gasteiger partial charge in [-0.05, 0) is 51.4 Å². The lowest BCUT2D eigenvalue weighted by atomic mass is 10.0. The molecule has 0 radical (unpaired) electrons. The molecule has 0 rings (SSSR count). The van der Waals surface area contributed by atoms with E-state index in [0.717, 1.165) is 64.2 Å². The standard InChI is InChI=1S/C39H68O6/c1-3-5-6-7-8-9-10-12-17-20-23-26-29-33-39(43)45-37(34-40)35-44-38(42)32-28-25-22-19-16-14-11-13-15-18-21-24-27-31-36(41)30-4-2/h11,14-15,18-19,22,24,27,36-37,40-41H,3-10,12-13,16-17,20-21,23,25-26,28-35H2,1-2H3/b14-11-,18-15-,22-19-,27-24-/t36?,37-/m0/s1. The number of hydrogen-bond acceptors (Lipinski definition) is 6. The Balaban J connectivity index is 3.71. The Hall–Kier alpha value is -2.18. The van der Waals surface area contributed by atoms with E-state index in [1.54, 1.807) is 0 Å². The van der Waals surface area contributed by atoms with Crippen LogP contribution in [0.5, 0.6) is 0 Å². The average Bonchev–Trinajstić information content (AvgIpc) is 3.03. The van der Waals surface area contributed by atoms with E-state index in [2.05, 4.69) is 62.5 Å². The van der Waals surface area contributed by atoms with Gasteiger partial charge in [-0.15, -0.1) is 0 Å². The summed E-state index contributed by atoms with van der Waals surface area (Å²) in [6.07, 6.45) is 39.4. The van der Waals surface area contributed by atoms with Gasteiger partial charge < -0.3 is 19.7 Å². The average molecular weight is 633 g/mol. The van der Waals surface area contributed by atoms with Crippen molar-refractivity contribution in [3.63, 3.8) is 0 Å². The molecule has 0 fully saturated rings. The van der Waals surface area contributed by atoms with E-state index in [0.29, 0.717) is 19.3 Å². The number of ether oxygens (including phenoxy) is 2. The number of unbranched alkanes of at least 4 members (excludes halogenated alkanes) is 13. The summed E-state index contributed by atoms with van der Waals surface area (Å²) in [5, 5.41) is 19.2. The van der Waals surface area contributed by atoms with Crippen LogP contribution in [0.3, 0.4) is 0 Å². The predicted molar refractivity (Wildman–Crippen MR) is 188 cm³/mol. The normalized spacial score (nSPS) is 13.4. The van der Waals surface area contributed by atoms with Crippen LogP contribution in [-0.4, -0.2) is 47.6 Å². The van der Waals surface area contributed by atoms with Crippen molar-refractivity contribution in [2.45, 2.75) is 174 Å². The molecule has 0 heterocycles. The molecular weight excluding hydrogens is 564 g/mol. The molecule has 0 aromatic carbocycles. The fourth-order valence-corrected chi connectivity index (χ4v) is 4.91. The van der Waals surface area contributed by atoms with Gasteiger partial charge in [0.05, 0.1) is 12.7 Å². The molecule has 260 valence electrons. The number of aliphatic hydroxyl groups excluding tert-OH is 2. The van der Waals surface area contributed by atoms with Gasteiger partial charge in [-0.1, -0.05) is 146 Å². The molecule has 2 N–H and O–H groups in total. The number of hydrogen-bond donors (Lipinski definition) is 2. The number of aliphatic hydroxyl groups is 2. The molecule has 0 aliphatic heterocycles. The van der Waals surface area contributed by atoms with Gasteiger partial charge in [-0.3, -0.25) is 9.59 Å². The topological polar surface area (TPSA) is 93.1 Å². The fraction of sp³-hybridized carbons (Fsp3) is 0.744. The van der Waals surface area contributed by atoms with Crippen molar-refractivity contribution >= 4 is 11.9 Å². The molecule has 2 atom stereocenters. The van der Waals surface area contributed by atoms with Crippen LogP contribution in [0, 0.1) is 0 Å². The zero-order chi connectivity index (χ0) is 33.1. The van der Waals surface area contributed by atoms with Crippen LogP contribution in [0.15, 0.2) is 48.6 Å². The Bertz CT molecular complexity index is 784. The molecular formula is C39H68O6. The maximum atomic E-state index is 12.1. The van der Waals surface area contributed by atoms with Crippen molar-refractivity contribution in [3.8, 4) is 0 Å². The third kappa shape index (κ3) is 33.0. The van der Waals surface area contributed by atoms with Gasteiger partial charge in [0.1, 0.15) is 6.61 Å². The Labute approximate surface area is 276 Å². The quantitative estimate of drug-likeness (QED) is 0.0435. The highest BCUT2D eigenvalue weighted by Crippen LogP contribution is 2.13. The van der Waals surface area contributed by atoms with Crippen molar-refractivity contribution in [3.05, 3.63) is 48.6 Å². The first-order valence-corrected chi connectivity index (χ1v) is 18.3. The van der Waals surface area contributed by atoms with Crippen LogP contribution in [0.4, 0.5) is 0 Å². The molecule has 0 bridgehead atoms. The summed E-state index contributed by atoms with van der Waals surface area (Å²) in [4.78, 5) is 24.1. The highest BCUT2D eigenvalue weighted by atomic mass is 16.6. The van der Waals surface area contributed by atoms with Crippen molar-refractivity contribution in [1.82, 2.24) is 0 Å². The van der Waals surface area contributed by atoms with E-state index in [4.69, 9.17) is 9.47 Å². The lowest BCUT2D eigenvalue weighted by molar-refractivity contribution is -0.161. The third-order valence-electron chi connectivity index (χ3n) is 7.68. The first-order valence-electron chi connectivity index (χ1n) is 18.3. The van der Waals surface area contributed by atoms with E-state index in [9.17, 15) is 19.8 Å². The smallest absolute Gasteiger partial charge is 0.306 e. The summed E-state index contributed by atoms with van der Waals surface area (Å²) in [6.45, 7) is 3.88. The van der Waals surface area contributed by atoms with Gasteiger partial charge in [0.25, 0.3) is 0 Å². The van der Waals surface area contributed by atoms with Gasteiger partial charge in [-0.25, -0.2) is 0 Å². The van der Waals surface area contributed by atoms with Crippen LogP contribution < -0.4 is 0 Å². The molecule has 0 aromatic heterocycles. The van der Waals surface area contributed by atoms with Crippen LogP contribution in [-0.2, 0) is 19.1 Å². The predicted octanol–water partition coefficient (Wildman–Crippen LogP) is 10.0. The first-order chi connectivity index (χ1) is 22.0. The van der Waals surface area contributed by atoms with Crippen molar-refractivity contribution in [2.75, 3.05) is 13.2 Å². The summed E-state index contributed by atoms with van der Waals surface area (Å²) < 4.78 is 10.5.